The minimum Gasteiger partial charge on any atom is -0.381 e. The van der Waals surface area contributed by atoms with Crippen molar-refractivity contribution in [3.8, 4) is 0 Å². The van der Waals surface area contributed by atoms with Gasteiger partial charge in [0.25, 0.3) is 0 Å². The number of nitrogens with zero attached hydrogens (tertiary/aromatic N) is 2. The summed E-state index contributed by atoms with van der Waals surface area (Å²) in [6.07, 6.45) is -3.36. The summed E-state index contributed by atoms with van der Waals surface area (Å²) in [6.45, 7) is 2.44. The smallest absolute Gasteiger partial charge is 0.381 e. The standard InChI is InChI=1S/C12H21F3N2O3S/c1-10(12(13,14)15)16-4-6-17(7-5-16)21(18,19)11-2-8-20-9-3-11/h10-11H,2-9H2,1H3/t10-/m1/s1. The van der Waals surface area contributed by atoms with Crippen molar-refractivity contribution in [1.29, 1.82) is 0 Å². The van der Waals surface area contributed by atoms with Crippen molar-refractivity contribution in [3.63, 3.8) is 0 Å². The SMILES string of the molecule is C[C@@H](N1CCN(S(=O)(=O)C2CCOCC2)CC1)C(F)(F)F. The maximum Gasteiger partial charge on any atom is 0.403 e. The van der Waals surface area contributed by atoms with E-state index < -0.39 is 27.5 Å². The molecule has 0 N–H and O–H groups in total. The van der Waals surface area contributed by atoms with Crippen LogP contribution in [0, 0.1) is 0 Å². The van der Waals surface area contributed by atoms with E-state index in [1.807, 2.05) is 0 Å². The van der Waals surface area contributed by atoms with E-state index in [4.69, 9.17) is 4.74 Å². The molecule has 0 unspecified atom stereocenters. The molecule has 9 heteroatoms. The minimum atomic E-state index is -4.28. The lowest BCUT2D eigenvalue weighted by Crippen LogP contribution is -2.56. The summed E-state index contributed by atoms with van der Waals surface area (Å²) in [5.41, 5.74) is 0. The first-order valence-corrected chi connectivity index (χ1v) is 8.60. The van der Waals surface area contributed by atoms with Crippen LogP contribution in [0.5, 0.6) is 0 Å². The largest absolute Gasteiger partial charge is 0.403 e. The van der Waals surface area contributed by atoms with Gasteiger partial charge in [0, 0.05) is 39.4 Å². The Balaban J connectivity index is 1.94. The number of rotatable bonds is 3. The fourth-order valence-electron chi connectivity index (χ4n) is 2.74. The van der Waals surface area contributed by atoms with Gasteiger partial charge < -0.3 is 4.74 Å². The van der Waals surface area contributed by atoms with Crippen molar-refractivity contribution < 1.29 is 26.3 Å². The number of hydrogen-bond acceptors (Lipinski definition) is 4. The van der Waals surface area contributed by atoms with Crippen molar-refractivity contribution in [1.82, 2.24) is 9.21 Å². The van der Waals surface area contributed by atoms with E-state index >= 15 is 0 Å². The van der Waals surface area contributed by atoms with Crippen molar-refractivity contribution in [2.45, 2.75) is 37.2 Å². The van der Waals surface area contributed by atoms with Gasteiger partial charge in [-0.05, 0) is 19.8 Å². The van der Waals surface area contributed by atoms with Gasteiger partial charge in [0.1, 0.15) is 6.04 Å². The molecular formula is C12H21F3N2O3S. The molecule has 0 aromatic rings. The van der Waals surface area contributed by atoms with Crippen LogP contribution in [0.25, 0.3) is 0 Å². The predicted octanol–water partition coefficient (Wildman–Crippen LogP) is 1.06. The third kappa shape index (κ3) is 3.88. The highest BCUT2D eigenvalue weighted by atomic mass is 32.2. The minimum absolute atomic E-state index is 0.114. The maximum absolute atomic E-state index is 12.7. The first-order valence-electron chi connectivity index (χ1n) is 7.10. The molecule has 0 saturated carbocycles. The molecule has 5 nitrogen and oxygen atoms in total. The lowest BCUT2D eigenvalue weighted by Gasteiger charge is -2.39. The van der Waals surface area contributed by atoms with Crippen molar-refractivity contribution in [2.24, 2.45) is 0 Å². The van der Waals surface area contributed by atoms with Gasteiger partial charge in [-0.25, -0.2) is 8.42 Å². The van der Waals surface area contributed by atoms with E-state index in [2.05, 4.69) is 0 Å². The molecule has 2 aliphatic heterocycles. The summed E-state index contributed by atoms with van der Waals surface area (Å²) in [4.78, 5) is 1.29. The number of hydrogen-bond donors (Lipinski definition) is 0. The molecule has 0 spiro atoms. The van der Waals surface area contributed by atoms with Gasteiger partial charge in [0.2, 0.25) is 10.0 Å². The van der Waals surface area contributed by atoms with Crippen LogP contribution >= 0.6 is 0 Å². The zero-order valence-electron chi connectivity index (χ0n) is 12.0. The average molecular weight is 330 g/mol. The monoisotopic (exact) mass is 330 g/mol. The van der Waals surface area contributed by atoms with E-state index in [9.17, 15) is 21.6 Å². The molecule has 1 atom stereocenters. The third-order valence-corrected chi connectivity index (χ3v) is 6.64. The van der Waals surface area contributed by atoms with Crippen LogP contribution < -0.4 is 0 Å². The fraction of sp³-hybridized carbons (Fsp3) is 1.00. The highest BCUT2D eigenvalue weighted by Crippen LogP contribution is 2.27. The molecule has 2 rings (SSSR count). The van der Waals surface area contributed by atoms with Crippen molar-refractivity contribution in [3.05, 3.63) is 0 Å². The van der Waals surface area contributed by atoms with Crippen molar-refractivity contribution in [2.75, 3.05) is 39.4 Å². The Morgan fingerprint density at radius 1 is 1.10 bits per heavy atom. The second-order valence-corrected chi connectivity index (χ2v) is 7.72. The summed E-state index contributed by atoms with van der Waals surface area (Å²) in [5.74, 6) is 0. The molecule has 0 aromatic carbocycles. The van der Waals surface area contributed by atoms with Crippen LogP contribution in [0.3, 0.4) is 0 Å². The lowest BCUT2D eigenvalue weighted by molar-refractivity contribution is -0.181. The van der Waals surface area contributed by atoms with Gasteiger partial charge in [-0.15, -0.1) is 0 Å². The molecule has 0 bridgehead atoms. The number of piperazine rings is 1. The normalized spacial score (nSPS) is 25.9. The second kappa shape index (κ2) is 6.39. The highest BCUT2D eigenvalue weighted by molar-refractivity contribution is 7.89. The van der Waals surface area contributed by atoms with Gasteiger partial charge in [-0.3, -0.25) is 4.90 Å². The fourth-order valence-corrected chi connectivity index (χ4v) is 4.62. The van der Waals surface area contributed by atoms with E-state index in [1.165, 1.54) is 9.21 Å². The topological polar surface area (TPSA) is 49.9 Å². The quantitative estimate of drug-likeness (QED) is 0.777. The Kier molecular flexibility index (Phi) is 5.17. The van der Waals surface area contributed by atoms with Gasteiger partial charge in [-0.1, -0.05) is 0 Å². The predicted molar refractivity (Wildman–Crippen MR) is 71.4 cm³/mol. The lowest BCUT2D eigenvalue weighted by atomic mass is 10.2. The number of halogens is 3. The average Bonchev–Trinajstić information content (AvgIpc) is 2.46. The molecule has 2 aliphatic rings. The summed E-state index contributed by atoms with van der Waals surface area (Å²) in [5, 5.41) is -0.460. The van der Waals surface area contributed by atoms with Crippen LogP contribution in [-0.2, 0) is 14.8 Å². The third-order valence-electron chi connectivity index (χ3n) is 4.24. The van der Waals surface area contributed by atoms with Crippen molar-refractivity contribution >= 4 is 10.0 Å². The maximum atomic E-state index is 12.7. The number of sulfonamides is 1. The zero-order valence-corrected chi connectivity index (χ0v) is 12.8. The van der Waals surface area contributed by atoms with Crippen LogP contribution in [0.15, 0.2) is 0 Å². The Bertz CT molecular complexity index is 441. The van der Waals surface area contributed by atoms with Gasteiger partial charge >= 0.3 is 6.18 Å². The Labute approximate surface area is 123 Å². The summed E-state index contributed by atoms with van der Waals surface area (Å²) < 4.78 is 69.4. The summed E-state index contributed by atoms with van der Waals surface area (Å²) in [7, 11) is -3.42. The first-order chi connectivity index (χ1) is 9.73. The number of alkyl halides is 3. The molecular weight excluding hydrogens is 309 g/mol. The molecule has 0 radical (unpaired) electrons. The first kappa shape index (κ1) is 17.0. The molecule has 21 heavy (non-hydrogen) atoms. The Morgan fingerprint density at radius 3 is 2.10 bits per heavy atom. The molecule has 2 heterocycles. The van der Waals surface area contributed by atoms with Gasteiger partial charge in [-0.2, -0.15) is 17.5 Å². The Morgan fingerprint density at radius 2 is 1.62 bits per heavy atom. The van der Waals surface area contributed by atoms with Crippen LogP contribution in [0.4, 0.5) is 13.2 Å². The molecule has 0 aromatic heterocycles. The van der Waals surface area contributed by atoms with E-state index in [0.717, 1.165) is 6.92 Å². The van der Waals surface area contributed by atoms with E-state index in [1.54, 1.807) is 0 Å². The zero-order chi connectivity index (χ0) is 15.7. The van der Waals surface area contributed by atoms with E-state index in [0.29, 0.717) is 26.1 Å². The molecule has 2 fully saturated rings. The van der Waals surface area contributed by atoms with E-state index in [-0.39, 0.29) is 26.2 Å². The molecule has 0 aliphatic carbocycles. The summed E-state index contributed by atoms with van der Waals surface area (Å²) in [6, 6.07) is -1.54. The molecule has 0 amide bonds. The van der Waals surface area contributed by atoms with Crippen LogP contribution in [0.2, 0.25) is 0 Å². The number of ether oxygens (including phenoxy) is 1. The summed E-state index contributed by atoms with van der Waals surface area (Å²) >= 11 is 0. The van der Waals surface area contributed by atoms with Crippen LogP contribution in [-0.4, -0.2) is 74.5 Å². The van der Waals surface area contributed by atoms with Crippen LogP contribution in [0.1, 0.15) is 19.8 Å². The van der Waals surface area contributed by atoms with Gasteiger partial charge in [0.15, 0.2) is 0 Å². The van der Waals surface area contributed by atoms with Gasteiger partial charge in [0.05, 0.1) is 5.25 Å². The molecule has 124 valence electrons. The Hall–Kier alpha value is -0.380. The highest BCUT2D eigenvalue weighted by Gasteiger charge is 2.42. The molecule has 2 saturated heterocycles. The second-order valence-electron chi connectivity index (χ2n) is 5.51.